The lowest BCUT2D eigenvalue weighted by molar-refractivity contribution is 0.135. The molecule has 0 aliphatic carbocycles. The Hall–Kier alpha value is -4.31. The summed E-state index contributed by atoms with van der Waals surface area (Å²) in [5, 5.41) is 15.2. The number of carbonyl (C=O) groups is 1. The Balaban J connectivity index is 1.59. The average Bonchev–Trinajstić information content (AvgIpc) is 2.90. The van der Waals surface area contributed by atoms with E-state index in [1.807, 2.05) is 102 Å². The molecule has 0 aromatic heterocycles. The highest BCUT2D eigenvalue weighted by atomic mass is 16.2. The third kappa shape index (κ3) is 5.79. The summed E-state index contributed by atoms with van der Waals surface area (Å²) in [6, 6.07) is 25.4. The number of carbonyl (C=O) groups excluding carboxylic acids is 1. The van der Waals surface area contributed by atoms with Crippen LogP contribution in [0, 0.1) is 18.4 Å². The molecule has 0 saturated carbocycles. The molecule has 1 heterocycles. The minimum atomic E-state index is -0.206. The second-order valence-electron chi connectivity index (χ2n) is 8.51. The molecule has 7 nitrogen and oxygen atoms in total. The van der Waals surface area contributed by atoms with Gasteiger partial charge in [0.05, 0.1) is 11.7 Å². The number of benzene rings is 3. The number of nitriles is 1. The molecule has 178 valence electrons. The topological polar surface area (TPSA) is 83.8 Å². The third-order valence-electron chi connectivity index (χ3n) is 6.25. The number of amides is 2. The van der Waals surface area contributed by atoms with Crippen LogP contribution in [-0.4, -0.2) is 41.4 Å². The van der Waals surface area contributed by atoms with Crippen molar-refractivity contribution in [2.45, 2.75) is 26.3 Å². The van der Waals surface area contributed by atoms with Gasteiger partial charge in [0.15, 0.2) is 6.19 Å². The van der Waals surface area contributed by atoms with Gasteiger partial charge in [0, 0.05) is 25.3 Å². The van der Waals surface area contributed by atoms with Crippen LogP contribution < -0.4 is 10.6 Å². The minimum absolute atomic E-state index is 0.145. The Morgan fingerprint density at radius 1 is 1.03 bits per heavy atom. The summed E-state index contributed by atoms with van der Waals surface area (Å²) in [6.45, 7) is 5.63. The summed E-state index contributed by atoms with van der Waals surface area (Å²) >= 11 is 0. The van der Waals surface area contributed by atoms with Crippen molar-refractivity contribution in [3.05, 3.63) is 95.6 Å². The molecular weight excluding hydrogens is 436 g/mol. The molecule has 2 N–H and O–H groups in total. The van der Waals surface area contributed by atoms with Crippen LogP contribution in [0.15, 0.2) is 83.9 Å². The number of aryl methyl sites for hydroxylation is 2. The van der Waals surface area contributed by atoms with Crippen molar-refractivity contribution < 1.29 is 4.79 Å². The third-order valence-corrected chi connectivity index (χ3v) is 6.25. The van der Waals surface area contributed by atoms with Gasteiger partial charge in [-0.3, -0.25) is 5.32 Å². The van der Waals surface area contributed by atoms with E-state index in [1.54, 1.807) is 0 Å². The van der Waals surface area contributed by atoms with Crippen LogP contribution in [-0.2, 0) is 6.42 Å². The van der Waals surface area contributed by atoms with E-state index >= 15 is 0 Å². The predicted molar refractivity (Wildman–Crippen MR) is 139 cm³/mol. The first kappa shape index (κ1) is 23.8. The zero-order chi connectivity index (χ0) is 24.6. The summed E-state index contributed by atoms with van der Waals surface area (Å²) in [6.07, 6.45) is 2.97. The van der Waals surface area contributed by atoms with Gasteiger partial charge in [-0.1, -0.05) is 67.6 Å². The summed E-state index contributed by atoms with van der Waals surface area (Å²) < 4.78 is 0. The van der Waals surface area contributed by atoms with Gasteiger partial charge in [-0.2, -0.15) is 5.26 Å². The first-order valence-corrected chi connectivity index (χ1v) is 11.8. The molecule has 1 unspecified atom stereocenters. The van der Waals surface area contributed by atoms with Crippen molar-refractivity contribution in [2.24, 2.45) is 4.99 Å². The number of guanidine groups is 1. The highest BCUT2D eigenvalue weighted by molar-refractivity contribution is 5.90. The maximum atomic E-state index is 13.3. The summed E-state index contributed by atoms with van der Waals surface area (Å²) in [5.74, 6) is 0.484. The standard InChI is InChI=1S/C28H30N6O/c1-3-22-13-15-24(16-14-22)31-28(35)34-18-17-33(19-26(34)23-10-5-4-6-11-23)27(30-20-29)32-25-12-8-7-9-21(25)2/h4-16,26H,3,17-19H2,1-2H3,(H,30,32)(H,31,35). The van der Waals surface area contributed by atoms with Crippen molar-refractivity contribution in [1.82, 2.24) is 15.1 Å². The predicted octanol–water partition coefficient (Wildman–Crippen LogP) is 5.21. The molecule has 3 aromatic carbocycles. The molecule has 0 spiro atoms. The largest absolute Gasteiger partial charge is 0.338 e. The van der Waals surface area contributed by atoms with Gasteiger partial charge in [-0.05, 0) is 48.2 Å². The van der Waals surface area contributed by atoms with Gasteiger partial charge in [0.25, 0.3) is 0 Å². The molecule has 2 amide bonds. The average molecular weight is 467 g/mol. The second-order valence-corrected chi connectivity index (χ2v) is 8.51. The van der Waals surface area contributed by atoms with Crippen LogP contribution >= 0.6 is 0 Å². The number of hydrogen-bond acceptors (Lipinski definition) is 3. The van der Waals surface area contributed by atoms with Gasteiger partial charge in [0.2, 0.25) is 5.96 Å². The fourth-order valence-electron chi connectivity index (χ4n) is 4.23. The number of aliphatic imine (C=N–C) groups is 1. The smallest absolute Gasteiger partial charge is 0.322 e. The number of nitrogens with one attached hydrogen (secondary N) is 2. The second kappa shape index (κ2) is 11.2. The monoisotopic (exact) mass is 466 g/mol. The summed E-state index contributed by atoms with van der Waals surface area (Å²) in [5.41, 5.74) is 4.85. The highest BCUT2D eigenvalue weighted by Gasteiger charge is 2.33. The van der Waals surface area contributed by atoms with Crippen molar-refractivity contribution >= 4 is 23.4 Å². The number of urea groups is 1. The Kier molecular flexibility index (Phi) is 7.63. The van der Waals surface area contributed by atoms with E-state index in [9.17, 15) is 10.1 Å². The van der Waals surface area contributed by atoms with Crippen molar-refractivity contribution in [3.63, 3.8) is 0 Å². The van der Waals surface area contributed by atoms with E-state index in [2.05, 4.69) is 17.6 Å². The molecule has 4 rings (SSSR count). The Morgan fingerprint density at radius 2 is 1.74 bits per heavy atom. The minimum Gasteiger partial charge on any atom is -0.338 e. The van der Waals surface area contributed by atoms with Crippen LogP contribution in [0.25, 0.3) is 0 Å². The molecule has 35 heavy (non-hydrogen) atoms. The van der Waals surface area contributed by atoms with E-state index in [4.69, 9.17) is 4.99 Å². The maximum absolute atomic E-state index is 13.3. The summed E-state index contributed by atoms with van der Waals surface area (Å²) in [4.78, 5) is 22.0. The van der Waals surface area contributed by atoms with Crippen LogP contribution in [0.4, 0.5) is 16.2 Å². The van der Waals surface area contributed by atoms with E-state index in [-0.39, 0.29) is 12.1 Å². The maximum Gasteiger partial charge on any atom is 0.322 e. The molecular formula is C28H30N6O. The first-order chi connectivity index (χ1) is 17.1. The van der Waals surface area contributed by atoms with Gasteiger partial charge >= 0.3 is 6.03 Å². The van der Waals surface area contributed by atoms with Crippen molar-refractivity contribution in [2.75, 3.05) is 25.0 Å². The number of para-hydroxylation sites is 1. The fourth-order valence-corrected chi connectivity index (χ4v) is 4.23. The number of anilines is 1. The normalized spacial score (nSPS) is 15.9. The quantitative estimate of drug-likeness (QED) is 0.239. The Morgan fingerprint density at radius 3 is 2.43 bits per heavy atom. The number of hydrogen-bond donors (Lipinski definition) is 2. The molecule has 7 heteroatoms. The lowest BCUT2D eigenvalue weighted by Crippen LogP contribution is -2.55. The van der Waals surface area contributed by atoms with E-state index in [0.29, 0.717) is 25.6 Å². The zero-order valence-electron chi connectivity index (χ0n) is 20.1. The molecule has 1 fully saturated rings. The number of piperazine rings is 1. The molecule has 0 bridgehead atoms. The molecule has 1 atom stereocenters. The van der Waals surface area contributed by atoms with Crippen LogP contribution in [0.2, 0.25) is 0 Å². The first-order valence-electron chi connectivity index (χ1n) is 11.8. The molecule has 1 saturated heterocycles. The lowest BCUT2D eigenvalue weighted by Gasteiger charge is -2.42. The number of nitrogens with zero attached hydrogens (tertiary/aromatic N) is 4. The molecule has 3 aromatic rings. The van der Waals surface area contributed by atoms with Gasteiger partial charge in [-0.15, -0.1) is 0 Å². The van der Waals surface area contributed by atoms with Crippen molar-refractivity contribution in [1.29, 1.82) is 5.26 Å². The van der Waals surface area contributed by atoms with Gasteiger partial charge in [0.1, 0.15) is 0 Å². The molecule has 1 aliphatic heterocycles. The summed E-state index contributed by atoms with van der Waals surface area (Å²) in [7, 11) is 0. The zero-order valence-corrected chi connectivity index (χ0v) is 20.1. The van der Waals surface area contributed by atoms with E-state index in [0.717, 1.165) is 28.9 Å². The van der Waals surface area contributed by atoms with Crippen LogP contribution in [0.3, 0.4) is 0 Å². The van der Waals surface area contributed by atoms with E-state index < -0.39 is 0 Å². The van der Waals surface area contributed by atoms with E-state index in [1.165, 1.54) is 5.56 Å². The van der Waals surface area contributed by atoms with Gasteiger partial charge < -0.3 is 15.1 Å². The SMILES string of the molecule is CCc1ccc(NC(=O)N2CCN(C(=Nc3ccccc3C)NC#N)CC2c2ccccc2)cc1. The van der Waals surface area contributed by atoms with Crippen LogP contribution in [0.1, 0.15) is 29.7 Å². The van der Waals surface area contributed by atoms with Gasteiger partial charge in [-0.25, -0.2) is 9.79 Å². The Labute approximate surface area is 206 Å². The van der Waals surface area contributed by atoms with Crippen molar-refractivity contribution in [3.8, 4) is 6.19 Å². The lowest BCUT2D eigenvalue weighted by atomic mass is 10.0. The fraction of sp³-hybridized carbons (Fsp3) is 0.250. The highest BCUT2D eigenvalue weighted by Crippen LogP contribution is 2.27. The number of rotatable bonds is 4. The Bertz CT molecular complexity index is 1220. The molecule has 0 radical (unpaired) electrons. The van der Waals surface area contributed by atoms with Crippen LogP contribution in [0.5, 0.6) is 0 Å². The molecule has 1 aliphatic rings.